The molecule has 1 aliphatic heterocycles. The fourth-order valence-electron chi connectivity index (χ4n) is 1.85. The van der Waals surface area contributed by atoms with Crippen LogP contribution < -0.4 is 5.32 Å². The van der Waals surface area contributed by atoms with Gasteiger partial charge in [-0.15, -0.1) is 0 Å². The number of carbonyl (C=O) groups is 1. The fourth-order valence-corrected chi connectivity index (χ4v) is 1.85. The highest BCUT2D eigenvalue weighted by molar-refractivity contribution is 5.95. The van der Waals surface area contributed by atoms with Crippen molar-refractivity contribution in [2.45, 2.75) is 25.9 Å². The molecule has 1 heterocycles. The maximum Gasteiger partial charge on any atom is 0.253 e. The number of nitrogens with one attached hydrogen (secondary N) is 1. The van der Waals surface area contributed by atoms with Crippen molar-refractivity contribution in [3.05, 3.63) is 29.8 Å². The first kappa shape index (κ1) is 10.2. The van der Waals surface area contributed by atoms with Crippen LogP contribution in [-0.2, 0) is 16.0 Å². The van der Waals surface area contributed by atoms with Gasteiger partial charge < -0.3 is 10.1 Å². The van der Waals surface area contributed by atoms with Crippen molar-refractivity contribution in [2.24, 2.45) is 0 Å². The zero-order chi connectivity index (χ0) is 10.7. The molecule has 1 aliphatic rings. The molecule has 1 aromatic rings. The van der Waals surface area contributed by atoms with Crippen molar-refractivity contribution in [1.82, 2.24) is 0 Å². The highest BCUT2D eigenvalue weighted by atomic mass is 16.5. The molecule has 80 valence electrons. The lowest BCUT2D eigenvalue weighted by atomic mass is 10.1. The van der Waals surface area contributed by atoms with Gasteiger partial charge in [-0.05, 0) is 31.4 Å². The van der Waals surface area contributed by atoms with Crippen LogP contribution in [0, 0.1) is 0 Å². The third-order valence-corrected chi connectivity index (χ3v) is 2.61. The Hall–Kier alpha value is -1.35. The lowest BCUT2D eigenvalue weighted by molar-refractivity contribution is -0.127. The van der Waals surface area contributed by atoms with Crippen LogP contribution in [0.3, 0.4) is 0 Å². The second kappa shape index (κ2) is 4.45. The molecule has 0 fully saturated rings. The van der Waals surface area contributed by atoms with E-state index in [0.717, 1.165) is 18.5 Å². The summed E-state index contributed by atoms with van der Waals surface area (Å²) in [5, 5.41) is 2.89. The third-order valence-electron chi connectivity index (χ3n) is 2.61. The van der Waals surface area contributed by atoms with Gasteiger partial charge in [-0.2, -0.15) is 0 Å². The third kappa shape index (κ3) is 2.18. The van der Waals surface area contributed by atoms with Gasteiger partial charge in [0.05, 0.1) is 0 Å². The van der Waals surface area contributed by atoms with Gasteiger partial charge in [0.1, 0.15) is 6.10 Å². The molecule has 1 unspecified atom stereocenters. The number of fused-ring (bicyclic) bond motifs is 1. The summed E-state index contributed by atoms with van der Waals surface area (Å²) in [6.07, 6.45) is 1.35. The van der Waals surface area contributed by atoms with Crippen LogP contribution in [0.15, 0.2) is 24.3 Å². The minimum atomic E-state index is -0.303. The molecule has 0 radical (unpaired) electrons. The van der Waals surface area contributed by atoms with Crippen LogP contribution in [0.2, 0.25) is 0 Å². The molecule has 0 aromatic heterocycles. The molecule has 0 aliphatic carbocycles. The van der Waals surface area contributed by atoms with E-state index < -0.39 is 0 Å². The molecule has 3 heteroatoms. The van der Waals surface area contributed by atoms with E-state index in [2.05, 4.69) is 5.32 Å². The van der Waals surface area contributed by atoms with Crippen LogP contribution in [0.5, 0.6) is 0 Å². The SMILES string of the molecule is CCOC1CCc2ccccc2NC1=O. The van der Waals surface area contributed by atoms with E-state index >= 15 is 0 Å². The van der Waals surface area contributed by atoms with Gasteiger partial charge in [0.2, 0.25) is 0 Å². The van der Waals surface area contributed by atoms with Crippen molar-refractivity contribution in [2.75, 3.05) is 11.9 Å². The Morgan fingerprint density at radius 2 is 2.27 bits per heavy atom. The van der Waals surface area contributed by atoms with Gasteiger partial charge >= 0.3 is 0 Å². The standard InChI is InChI=1S/C12H15NO2/c1-2-15-11-8-7-9-5-3-4-6-10(9)13-12(11)14/h3-6,11H,2,7-8H2,1H3,(H,13,14). The van der Waals surface area contributed by atoms with Crippen molar-refractivity contribution in [3.8, 4) is 0 Å². The maximum absolute atomic E-state index is 11.7. The first-order valence-electron chi connectivity index (χ1n) is 5.31. The van der Waals surface area contributed by atoms with Crippen LogP contribution in [0.1, 0.15) is 18.9 Å². The number of aryl methyl sites for hydroxylation is 1. The summed E-state index contributed by atoms with van der Waals surface area (Å²) in [5.74, 6) is -0.0261. The maximum atomic E-state index is 11.7. The predicted molar refractivity (Wildman–Crippen MR) is 58.8 cm³/mol. The lowest BCUT2D eigenvalue weighted by Gasteiger charge is -2.12. The normalized spacial score (nSPS) is 20.3. The first-order chi connectivity index (χ1) is 7.31. The van der Waals surface area contributed by atoms with E-state index in [4.69, 9.17) is 4.74 Å². The van der Waals surface area contributed by atoms with Crippen molar-refractivity contribution >= 4 is 11.6 Å². The van der Waals surface area contributed by atoms with E-state index in [1.165, 1.54) is 5.56 Å². The van der Waals surface area contributed by atoms with Crippen molar-refractivity contribution in [3.63, 3.8) is 0 Å². The van der Waals surface area contributed by atoms with E-state index in [-0.39, 0.29) is 12.0 Å². The molecule has 1 N–H and O–H groups in total. The van der Waals surface area contributed by atoms with Crippen molar-refractivity contribution < 1.29 is 9.53 Å². The molecule has 0 bridgehead atoms. The summed E-state index contributed by atoms with van der Waals surface area (Å²) >= 11 is 0. The van der Waals surface area contributed by atoms with Gasteiger partial charge in [0.25, 0.3) is 5.91 Å². The van der Waals surface area contributed by atoms with Crippen LogP contribution in [-0.4, -0.2) is 18.6 Å². The van der Waals surface area contributed by atoms with Crippen LogP contribution in [0.4, 0.5) is 5.69 Å². The second-order valence-corrected chi connectivity index (χ2v) is 3.63. The van der Waals surface area contributed by atoms with Crippen LogP contribution in [0.25, 0.3) is 0 Å². The minimum Gasteiger partial charge on any atom is -0.369 e. The average molecular weight is 205 g/mol. The lowest BCUT2D eigenvalue weighted by Crippen LogP contribution is -2.29. The minimum absolute atomic E-state index is 0.0261. The summed E-state index contributed by atoms with van der Waals surface area (Å²) in [6, 6.07) is 7.90. The van der Waals surface area contributed by atoms with Gasteiger partial charge in [-0.3, -0.25) is 4.79 Å². The van der Waals surface area contributed by atoms with Gasteiger partial charge in [0, 0.05) is 12.3 Å². The molecule has 1 amide bonds. The highest BCUT2D eigenvalue weighted by Gasteiger charge is 2.23. The van der Waals surface area contributed by atoms with Crippen LogP contribution >= 0.6 is 0 Å². The summed E-state index contributed by atoms with van der Waals surface area (Å²) in [6.45, 7) is 2.49. The smallest absolute Gasteiger partial charge is 0.253 e. The average Bonchev–Trinajstić information content (AvgIpc) is 2.40. The van der Waals surface area contributed by atoms with Crippen molar-refractivity contribution in [1.29, 1.82) is 0 Å². The molecule has 15 heavy (non-hydrogen) atoms. The molecular formula is C12H15NO2. The Balaban J connectivity index is 2.19. The molecule has 0 saturated heterocycles. The number of ether oxygens (including phenoxy) is 1. The Morgan fingerprint density at radius 3 is 3.07 bits per heavy atom. The number of para-hydroxylation sites is 1. The summed E-state index contributed by atoms with van der Waals surface area (Å²) < 4.78 is 5.39. The number of anilines is 1. The molecule has 0 spiro atoms. The molecule has 2 rings (SSSR count). The predicted octanol–water partition coefficient (Wildman–Crippen LogP) is 1.98. The number of benzene rings is 1. The highest BCUT2D eigenvalue weighted by Crippen LogP contribution is 2.22. The zero-order valence-electron chi connectivity index (χ0n) is 8.82. The summed E-state index contributed by atoms with van der Waals surface area (Å²) in [7, 11) is 0. The van der Waals surface area contributed by atoms with Gasteiger partial charge in [-0.25, -0.2) is 0 Å². The Kier molecular flexibility index (Phi) is 3.02. The second-order valence-electron chi connectivity index (χ2n) is 3.63. The van der Waals surface area contributed by atoms with Gasteiger partial charge in [0.15, 0.2) is 0 Å². The summed E-state index contributed by atoms with van der Waals surface area (Å²) in [4.78, 5) is 11.7. The molecule has 3 nitrogen and oxygen atoms in total. The monoisotopic (exact) mass is 205 g/mol. The number of hydrogen-bond acceptors (Lipinski definition) is 2. The molecule has 1 aromatic carbocycles. The Bertz CT molecular complexity index is 362. The Morgan fingerprint density at radius 1 is 1.47 bits per heavy atom. The van der Waals surface area contributed by atoms with E-state index in [0.29, 0.717) is 6.61 Å². The summed E-state index contributed by atoms with van der Waals surface area (Å²) in [5.41, 5.74) is 2.11. The quantitative estimate of drug-likeness (QED) is 0.801. The zero-order valence-corrected chi connectivity index (χ0v) is 8.82. The van der Waals surface area contributed by atoms with Gasteiger partial charge in [-0.1, -0.05) is 18.2 Å². The van der Waals surface area contributed by atoms with E-state index in [1.807, 2.05) is 31.2 Å². The number of hydrogen-bond donors (Lipinski definition) is 1. The molecule has 1 atom stereocenters. The number of amides is 1. The fraction of sp³-hybridized carbons (Fsp3) is 0.417. The molecular weight excluding hydrogens is 190 g/mol. The van der Waals surface area contributed by atoms with E-state index in [1.54, 1.807) is 0 Å². The van der Waals surface area contributed by atoms with E-state index in [9.17, 15) is 4.79 Å². The number of carbonyl (C=O) groups excluding carboxylic acids is 1. The Labute approximate surface area is 89.4 Å². The first-order valence-corrected chi connectivity index (χ1v) is 5.31. The largest absolute Gasteiger partial charge is 0.369 e. The number of rotatable bonds is 2. The topological polar surface area (TPSA) is 38.3 Å². The molecule has 0 saturated carbocycles.